The molecule has 1 aliphatic rings. The topological polar surface area (TPSA) is 58.9 Å². The minimum Gasteiger partial charge on any atom is -0.295 e. The number of rotatable bonds is 1. The van der Waals surface area contributed by atoms with Gasteiger partial charge in [0.2, 0.25) is 0 Å². The Kier molecular flexibility index (Phi) is 4.53. The molecular formula is C10H8ClNO3. The number of carbonyl (C=O) groups excluding carboxylic acids is 1. The monoisotopic (exact) mass is 225 g/mol. The van der Waals surface area contributed by atoms with Crippen LogP contribution < -0.4 is 0 Å². The van der Waals surface area contributed by atoms with Crippen molar-refractivity contribution in [1.82, 2.24) is 0 Å². The molecule has 0 aliphatic carbocycles. The van der Waals surface area contributed by atoms with Crippen molar-refractivity contribution < 1.29 is 14.9 Å². The molecular weight excluding hydrogens is 218 g/mol. The third kappa shape index (κ3) is 3.53. The van der Waals surface area contributed by atoms with Crippen molar-refractivity contribution in [3.63, 3.8) is 0 Å². The van der Waals surface area contributed by atoms with E-state index < -0.39 is 5.97 Å². The summed E-state index contributed by atoms with van der Waals surface area (Å²) in [7, 11) is 0. The first-order valence-corrected chi connectivity index (χ1v) is 4.42. The Labute approximate surface area is 91.4 Å². The molecule has 0 saturated carbocycles. The van der Waals surface area contributed by atoms with Crippen LogP contribution in [-0.4, -0.2) is 17.4 Å². The second kappa shape index (κ2) is 5.95. The molecule has 0 fully saturated rings. The van der Waals surface area contributed by atoms with E-state index in [1.54, 1.807) is 24.5 Å². The fourth-order valence-corrected chi connectivity index (χ4v) is 0.975. The highest BCUT2D eigenvalue weighted by Gasteiger charge is 2.09. The van der Waals surface area contributed by atoms with Crippen LogP contribution in [0.5, 0.6) is 0 Å². The Hall–Kier alpha value is -1.65. The Morgan fingerprint density at radius 2 is 1.93 bits per heavy atom. The number of carbonyl (C=O) groups is 1. The van der Waals surface area contributed by atoms with Gasteiger partial charge in [0.15, 0.2) is 0 Å². The zero-order chi connectivity index (χ0) is 11.1. The van der Waals surface area contributed by atoms with Crippen LogP contribution in [0.2, 0.25) is 5.02 Å². The van der Waals surface area contributed by atoms with E-state index in [-0.39, 0.29) is 10.6 Å². The number of halogens is 1. The van der Waals surface area contributed by atoms with Gasteiger partial charge in [0.05, 0.1) is 10.6 Å². The maximum absolute atomic E-state index is 10.7. The van der Waals surface area contributed by atoms with E-state index in [0.717, 1.165) is 0 Å². The van der Waals surface area contributed by atoms with Crippen molar-refractivity contribution in [1.29, 1.82) is 0 Å². The lowest BCUT2D eigenvalue weighted by atomic mass is 10.2. The largest absolute Gasteiger partial charge is 0.374 e. The van der Waals surface area contributed by atoms with Gasteiger partial charge in [0, 0.05) is 12.4 Å². The van der Waals surface area contributed by atoms with Crippen LogP contribution >= 0.6 is 11.6 Å². The average molecular weight is 226 g/mol. The van der Waals surface area contributed by atoms with E-state index in [0.29, 0.717) is 0 Å². The van der Waals surface area contributed by atoms with Crippen molar-refractivity contribution in [2.45, 2.75) is 0 Å². The Balaban J connectivity index is 0.000000234. The molecule has 0 aromatic heterocycles. The SMILES string of the molecule is C1=CN=C1.O=C(OO)c1ccccc1Cl. The summed E-state index contributed by atoms with van der Waals surface area (Å²) in [6.45, 7) is 0. The van der Waals surface area contributed by atoms with E-state index in [9.17, 15) is 4.79 Å². The van der Waals surface area contributed by atoms with Gasteiger partial charge in [-0.2, -0.15) is 5.26 Å². The highest BCUT2D eigenvalue weighted by atomic mass is 35.5. The quantitative estimate of drug-likeness (QED) is 0.590. The van der Waals surface area contributed by atoms with Crippen molar-refractivity contribution >= 4 is 23.8 Å². The molecule has 0 spiro atoms. The van der Waals surface area contributed by atoms with Gasteiger partial charge in [-0.05, 0) is 18.2 Å². The van der Waals surface area contributed by atoms with Gasteiger partial charge in [-0.3, -0.25) is 9.88 Å². The lowest BCUT2D eigenvalue weighted by Crippen LogP contribution is -2.01. The molecule has 0 bridgehead atoms. The molecule has 0 radical (unpaired) electrons. The maximum Gasteiger partial charge on any atom is 0.374 e. The smallest absolute Gasteiger partial charge is 0.295 e. The first-order valence-electron chi connectivity index (χ1n) is 4.04. The van der Waals surface area contributed by atoms with Crippen LogP contribution in [0, 0.1) is 0 Å². The van der Waals surface area contributed by atoms with E-state index in [4.69, 9.17) is 16.9 Å². The summed E-state index contributed by atoms with van der Waals surface area (Å²) in [5.74, 6) is -0.851. The molecule has 1 N–H and O–H groups in total. The van der Waals surface area contributed by atoms with E-state index in [1.165, 1.54) is 12.1 Å². The van der Waals surface area contributed by atoms with Gasteiger partial charge in [-0.15, -0.1) is 0 Å². The van der Waals surface area contributed by atoms with Crippen LogP contribution in [0.25, 0.3) is 0 Å². The molecule has 78 valence electrons. The summed E-state index contributed by atoms with van der Waals surface area (Å²) in [4.78, 5) is 17.8. The van der Waals surface area contributed by atoms with Crippen molar-refractivity contribution in [3.8, 4) is 0 Å². The zero-order valence-electron chi connectivity index (χ0n) is 7.63. The molecule has 5 heteroatoms. The van der Waals surface area contributed by atoms with Crippen LogP contribution in [0.4, 0.5) is 0 Å². The van der Waals surface area contributed by atoms with Crippen LogP contribution in [-0.2, 0) is 4.89 Å². The number of nitrogens with zero attached hydrogens (tertiary/aromatic N) is 1. The summed E-state index contributed by atoms with van der Waals surface area (Å²) >= 11 is 5.59. The summed E-state index contributed by atoms with van der Waals surface area (Å²) in [6.07, 6.45) is 5.39. The van der Waals surface area contributed by atoms with Crippen LogP contribution in [0.15, 0.2) is 41.5 Å². The van der Waals surface area contributed by atoms with Crippen LogP contribution in [0.3, 0.4) is 0 Å². The highest BCUT2D eigenvalue weighted by Crippen LogP contribution is 2.15. The highest BCUT2D eigenvalue weighted by molar-refractivity contribution is 6.33. The molecule has 1 aliphatic heterocycles. The van der Waals surface area contributed by atoms with E-state index in [2.05, 4.69) is 9.88 Å². The van der Waals surface area contributed by atoms with Gasteiger partial charge in [-0.25, -0.2) is 4.79 Å². The average Bonchev–Trinajstić information content (AvgIpc) is 2.15. The Morgan fingerprint density at radius 1 is 1.40 bits per heavy atom. The predicted octanol–water partition coefficient (Wildman–Crippen LogP) is 2.55. The third-order valence-corrected chi connectivity index (χ3v) is 1.85. The van der Waals surface area contributed by atoms with E-state index >= 15 is 0 Å². The third-order valence-electron chi connectivity index (χ3n) is 1.52. The summed E-state index contributed by atoms with van der Waals surface area (Å²) in [5, 5.41) is 8.26. The molecule has 0 unspecified atom stereocenters. The molecule has 1 aromatic carbocycles. The Bertz CT molecular complexity index is 383. The molecule has 15 heavy (non-hydrogen) atoms. The molecule has 0 saturated heterocycles. The zero-order valence-corrected chi connectivity index (χ0v) is 8.39. The standard InChI is InChI=1S/C7H5ClO3.C3H3N/c8-6-4-2-1-3-5(6)7(9)11-10;1-2-4-3-1/h1-4,10H;1-3H. The van der Waals surface area contributed by atoms with Gasteiger partial charge in [-0.1, -0.05) is 23.7 Å². The predicted molar refractivity (Wildman–Crippen MR) is 57.1 cm³/mol. The Morgan fingerprint density at radius 3 is 2.33 bits per heavy atom. The molecule has 2 rings (SSSR count). The number of hydrogen-bond acceptors (Lipinski definition) is 4. The molecule has 1 heterocycles. The van der Waals surface area contributed by atoms with Gasteiger partial charge in [0.1, 0.15) is 0 Å². The minimum absolute atomic E-state index is 0.150. The summed E-state index contributed by atoms with van der Waals surface area (Å²) in [6, 6.07) is 6.29. The fourth-order valence-electron chi connectivity index (χ4n) is 0.762. The molecule has 0 atom stereocenters. The van der Waals surface area contributed by atoms with Crippen molar-refractivity contribution in [3.05, 3.63) is 47.1 Å². The van der Waals surface area contributed by atoms with Gasteiger partial charge >= 0.3 is 5.97 Å². The lowest BCUT2D eigenvalue weighted by Gasteiger charge is -1.97. The maximum atomic E-state index is 10.7. The van der Waals surface area contributed by atoms with Crippen LogP contribution in [0.1, 0.15) is 10.4 Å². The second-order valence-electron chi connectivity index (χ2n) is 2.50. The lowest BCUT2D eigenvalue weighted by molar-refractivity contribution is -0.182. The second-order valence-corrected chi connectivity index (χ2v) is 2.91. The number of allylic oxidation sites excluding steroid dienone is 1. The van der Waals surface area contributed by atoms with Crippen molar-refractivity contribution in [2.75, 3.05) is 0 Å². The summed E-state index contributed by atoms with van der Waals surface area (Å²) in [5.41, 5.74) is 0.150. The molecule has 0 amide bonds. The van der Waals surface area contributed by atoms with Gasteiger partial charge < -0.3 is 0 Å². The normalized spacial score (nSPS) is 11.1. The van der Waals surface area contributed by atoms with Crippen molar-refractivity contribution in [2.24, 2.45) is 4.99 Å². The first kappa shape index (κ1) is 11.4. The van der Waals surface area contributed by atoms with E-state index in [1.807, 2.05) is 6.08 Å². The fraction of sp³-hybridized carbons (Fsp3) is 0. The number of hydrogen-bond donors (Lipinski definition) is 1. The molecule has 4 nitrogen and oxygen atoms in total. The summed E-state index contributed by atoms with van der Waals surface area (Å²) < 4.78 is 0. The van der Waals surface area contributed by atoms with Gasteiger partial charge in [0.25, 0.3) is 0 Å². The minimum atomic E-state index is -0.851. The number of aliphatic imine (C=N–C) groups is 1. The number of benzene rings is 1. The first-order chi connectivity index (χ1) is 7.25. The molecule has 1 aromatic rings.